The number of benzene rings is 3. The molecule has 0 saturated carbocycles. The molecule has 0 atom stereocenters. The Bertz CT molecular complexity index is 1140. The average Bonchev–Trinajstić information content (AvgIpc) is 2.86. The number of phenolic OH excluding ortho intramolecular Hbond substituents is 3. The molecule has 3 aromatic carbocycles. The summed E-state index contributed by atoms with van der Waals surface area (Å²) >= 11 is 0. The van der Waals surface area contributed by atoms with Gasteiger partial charge in [-0.15, -0.1) is 0 Å². The number of rotatable bonds is 10. The number of hydrogen-bond acceptors (Lipinski definition) is 9. The van der Waals surface area contributed by atoms with Gasteiger partial charge in [-0.05, 0) is 37.5 Å². The molecule has 188 valence electrons. The van der Waals surface area contributed by atoms with E-state index in [4.69, 9.17) is 0 Å². The van der Waals surface area contributed by atoms with Crippen molar-refractivity contribution in [2.24, 2.45) is 29.7 Å². The fraction of sp³-hybridized carbons (Fsp3) is 0.308. The molecule has 3 N–H and O–H groups in total. The van der Waals surface area contributed by atoms with Crippen molar-refractivity contribution in [3.8, 4) is 17.2 Å². The molecule has 0 aliphatic carbocycles. The van der Waals surface area contributed by atoms with E-state index in [1.165, 1.54) is 0 Å². The number of hydrogen-bond donors (Lipinski definition) is 3. The molecule has 9 nitrogen and oxygen atoms in total. The minimum atomic E-state index is -3.19. The lowest BCUT2D eigenvalue weighted by Gasteiger charge is -2.12. The van der Waals surface area contributed by atoms with Gasteiger partial charge in [0.2, 0.25) is 0 Å². The summed E-state index contributed by atoms with van der Waals surface area (Å²) < 4.78 is 13.5. The Morgan fingerprint density at radius 3 is 1.14 bits per heavy atom. The van der Waals surface area contributed by atoms with Gasteiger partial charge in [0.1, 0.15) is 17.2 Å². The van der Waals surface area contributed by atoms with Crippen LogP contribution in [-0.4, -0.2) is 23.9 Å². The second kappa shape index (κ2) is 12.2. The van der Waals surface area contributed by atoms with E-state index in [1.807, 2.05) is 64.1 Å². The maximum Gasteiger partial charge on any atom is 0.490 e. The zero-order chi connectivity index (χ0) is 26.1. The molecule has 0 spiro atoms. The Labute approximate surface area is 212 Å². The first-order valence-corrected chi connectivity index (χ1v) is 13.8. The van der Waals surface area contributed by atoms with Crippen molar-refractivity contribution in [3.63, 3.8) is 0 Å². The predicted octanol–water partition coefficient (Wildman–Crippen LogP) is 6.94. The van der Waals surface area contributed by atoms with Gasteiger partial charge in [-0.1, -0.05) is 61.5 Å². The van der Waals surface area contributed by atoms with Crippen molar-refractivity contribution in [3.05, 3.63) is 88.0 Å². The molecule has 0 saturated heterocycles. The molecule has 0 unspecified atom stereocenters. The van der Waals surface area contributed by atoms with Crippen molar-refractivity contribution >= 4 is 8.56 Å². The second-order valence-corrected chi connectivity index (χ2v) is 11.4. The maximum absolute atomic E-state index is 10.3. The highest BCUT2D eigenvalue weighted by molar-refractivity contribution is 6.74. The van der Waals surface area contributed by atoms with Crippen LogP contribution in [0, 0.1) is 20.8 Å². The molecular weight excluding hydrogens is 472 g/mol. The Balaban J connectivity index is 1.87. The molecule has 0 aliphatic heterocycles. The topological polar surface area (TPSA) is 135 Å². The van der Waals surface area contributed by atoms with Gasteiger partial charge in [-0.2, -0.15) is 29.7 Å². The van der Waals surface area contributed by atoms with Crippen molar-refractivity contribution in [1.29, 1.82) is 0 Å². The van der Waals surface area contributed by atoms with Crippen LogP contribution < -0.4 is 0 Å². The van der Waals surface area contributed by atoms with Crippen LogP contribution in [0.25, 0.3) is 0 Å². The molecule has 0 radical (unpaired) electrons. The molecule has 0 bridgehead atoms. The molecule has 0 aromatic heterocycles. The third-order valence-corrected chi connectivity index (χ3v) is 8.19. The van der Waals surface area contributed by atoms with Crippen molar-refractivity contribution < 1.29 is 15.3 Å². The van der Waals surface area contributed by atoms with Crippen LogP contribution >= 0.6 is 0 Å². The van der Waals surface area contributed by atoms with Gasteiger partial charge >= 0.3 is 8.56 Å². The normalized spacial score (nSPS) is 13.7. The maximum atomic E-state index is 10.3. The van der Waals surface area contributed by atoms with E-state index in [2.05, 4.69) is 29.7 Å². The van der Waals surface area contributed by atoms with Crippen LogP contribution in [-0.2, 0) is 19.6 Å². The monoisotopic (exact) mass is 504 g/mol. The lowest BCUT2D eigenvalue weighted by Crippen LogP contribution is -2.25. The van der Waals surface area contributed by atoms with E-state index in [9.17, 15) is 15.3 Å². The summed E-state index contributed by atoms with van der Waals surface area (Å²) in [5, 5.41) is 43.8. The van der Waals surface area contributed by atoms with Gasteiger partial charge in [-0.3, -0.25) is 0 Å². The summed E-state index contributed by atoms with van der Waals surface area (Å²) in [4.78, 5) is 0. The summed E-state index contributed by atoms with van der Waals surface area (Å²) in [5.41, 5.74) is 4.24. The van der Waals surface area contributed by atoms with E-state index >= 15 is 0 Å². The predicted molar refractivity (Wildman–Crippen MR) is 140 cm³/mol. The Morgan fingerprint density at radius 1 is 0.556 bits per heavy atom. The first-order valence-electron chi connectivity index (χ1n) is 11.7. The highest BCUT2D eigenvalue weighted by Gasteiger charge is 2.35. The van der Waals surface area contributed by atoms with E-state index in [0.717, 1.165) is 16.7 Å². The van der Waals surface area contributed by atoms with Crippen LogP contribution in [0.4, 0.5) is 0 Å². The lowest BCUT2D eigenvalue weighted by atomic mass is 10.1. The highest BCUT2D eigenvalue weighted by atomic mass is 28.4. The van der Waals surface area contributed by atoms with Gasteiger partial charge in [0, 0.05) is 22.7 Å². The average molecular weight is 505 g/mol. The number of aromatic hydroxyl groups is 3. The second-order valence-electron chi connectivity index (χ2n) is 8.57. The quantitative estimate of drug-likeness (QED) is 0.204. The molecular formula is C26H32N6O3Si. The molecule has 36 heavy (non-hydrogen) atoms. The van der Waals surface area contributed by atoms with Gasteiger partial charge in [0.05, 0.1) is 19.6 Å². The summed E-state index contributed by atoms with van der Waals surface area (Å²) in [7, 11) is -3.19. The zero-order valence-electron chi connectivity index (χ0n) is 21.0. The van der Waals surface area contributed by atoms with E-state index < -0.39 is 8.56 Å². The minimum absolute atomic E-state index is 0.171. The SMILES string of the molecule is CC[Si](N=NCc1cccc(C)c1O)(N=NCc1cccc(C)c1O)N=NCc1cccc(C)c1O. The first-order chi connectivity index (χ1) is 17.3. The minimum Gasteiger partial charge on any atom is -0.507 e. The Kier molecular flexibility index (Phi) is 9.01. The van der Waals surface area contributed by atoms with Gasteiger partial charge < -0.3 is 15.3 Å². The zero-order valence-corrected chi connectivity index (χ0v) is 22.0. The van der Waals surface area contributed by atoms with Gasteiger partial charge in [-0.25, -0.2) is 0 Å². The van der Waals surface area contributed by atoms with Crippen LogP contribution in [0.2, 0.25) is 6.04 Å². The third-order valence-electron chi connectivity index (χ3n) is 5.85. The van der Waals surface area contributed by atoms with E-state index in [1.54, 1.807) is 18.2 Å². The summed E-state index contributed by atoms with van der Waals surface area (Å²) in [6.45, 7) is 7.89. The number of phenols is 3. The van der Waals surface area contributed by atoms with Crippen LogP contribution in [0.1, 0.15) is 40.3 Å². The summed E-state index contributed by atoms with van der Waals surface area (Å²) in [6.07, 6.45) is 0. The third kappa shape index (κ3) is 6.60. The van der Waals surface area contributed by atoms with E-state index in [0.29, 0.717) is 22.7 Å². The first kappa shape index (κ1) is 26.7. The standard InChI is InChI=1S/C26H32N6O3Si/c1-5-36(30-27-15-21-12-6-9-18(2)24(21)33,31-28-16-22-13-7-10-19(3)25(22)34)32-29-17-23-14-8-11-20(4)26(23)35/h6-14,33-35H,5,15-17H2,1-4H3. The van der Waals surface area contributed by atoms with Crippen LogP contribution in [0.3, 0.4) is 0 Å². The smallest absolute Gasteiger partial charge is 0.490 e. The highest BCUT2D eigenvalue weighted by Crippen LogP contribution is 2.26. The van der Waals surface area contributed by atoms with Crippen molar-refractivity contribution in [1.82, 2.24) is 0 Å². The summed E-state index contributed by atoms with van der Waals surface area (Å²) in [5.74, 6) is 0.565. The van der Waals surface area contributed by atoms with Crippen LogP contribution in [0.5, 0.6) is 17.2 Å². The Morgan fingerprint density at radius 2 is 0.861 bits per heavy atom. The molecule has 10 heteroatoms. The summed E-state index contributed by atoms with van der Waals surface area (Å²) in [6, 6.07) is 16.9. The molecule has 0 amide bonds. The van der Waals surface area contributed by atoms with Crippen LogP contribution in [0.15, 0.2) is 84.3 Å². The number of nitrogens with zero attached hydrogens (tertiary/aromatic N) is 6. The number of para-hydroxylation sites is 3. The molecule has 3 rings (SSSR count). The molecule has 3 aromatic rings. The molecule has 0 heterocycles. The molecule has 0 fully saturated rings. The van der Waals surface area contributed by atoms with Crippen molar-refractivity contribution in [2.45, 2.75) is 53.4 Å². The fourth-order valence-corrected chi connectivity index (χ4v) is 4.92. The molecule has 0 aliphatic rings. The van der Waals surface area contributed by atoms with Gasteiger partial charge in [0.25, 0.3) is 0 Å². The van der Waals surface area contributed by atoms with E-state index in [-0.39, 0.29) is 36.9 Å². The number of aryl methyl sites for hydroxylation is 3. The fourth-order valence-electron chi connectivity index (χ4n) is 3.49. The Hall–Kier alpha value is -3.92. The van der Waals surface area contributed by atoms with Gasteiger partial charge in [0.15, 0.2) is 0 Å². The van der Waals surface area contributed by atoms with Crippen molar-refractivity contribution in [2.75, 3.05) is 0 Å². The largest absolute Gasteiger partial charge is 0.507 e. The lowest BCUT2D eigenvalue weighted by molar-refractivity contribution is 0.463.